The Kier molecular flexibility index (Phi) is 6.01. The van der Waals surface area contributed by atoms with E-state index in [4.69, 9.17) is 9.47 Å². The molecule has 3 aromatic rings. The summed E-state index contributed by atoms with van der Waals surface area (Å²) < 4.78 is 10.6. The molecule has 2 aromatic carbocycles. The highest BCUT2D eigenvalue weighted by molar-refractivity contribution is 7.11. The molecule has 0 radical (unpaired) electrons. The summed E-state index contributed by atoms with van der Waals surface area (Å²) in [7, 11) is 3.11. The number of carbonyl (C=O) groups is 2. The van der Waals surface area contributed by atoms with E-state index < -0.39 is 0 Å². The van der Waals surface area contributed by atoms with Crippen molar-refractivity contribution in [3.63, 3.8) is 0 Å². The Morgan fingerprint density at radius 3 is 2.34 bits per heavy atom. The molecule has 0 unspecified atom stereocenters. The molecule has 164 valence electrons. The molecule has 2 amide bonds. The molecule has 0 fully saturated rings. The highest BCUT2D eigenvalue weighted by atomic mass is 32.1. The molecular weight excluding hydrogens is 424 g/mol. The van der Waals surface area contributed by atoms with Crippen LogP contribution in [0.1, 0.15) is 21.6 Å². The zero-order valence-electron chi connectivity index (χ0n) is 18.4. The number of anilines is 1. The lowest BCUT2D eigenvalue weighted by atomic mass is 10.1. The van der Waals surface area contributed by atoms with Crippen molar-refractivity contribution in [2.24, 2.45) is 0 Å². The van der Waals surface area contributed by atoms with E-state index >= 15 is 0 Å². The Hall–Kier alpha value is -3.58. The standard InChI is InChI=1S/C25H24N2O4S/c1-15-7-9-18(12-16(15)2)26-23-22(21-6-5-11-32-21)24(28)27(25(23)29)14-17-8-10-19(30-3)20(13-17)31-4/h5-13,26H,14H2,1-4H3. The van der Waals surface area contributed by atoms with Crippen LogP contribution in [-0.2, 0) is 16.1 Å². The zero-order valence-corrected chi connectivity index (χ0v) is 19.2. The Morgan fingerprint density at radius 2 is 1.69 bits per heavy atom. The minimum Gasteiger partial charge on any atom is -0.493 e. The van der Waals surface area contributed by atoms with Crippen molar-refractivity contribution in [1.82, 2.24) is 4.90 Å². The predicted molar refractivity (Wildman–Crippen MR) is 126 cm³/mol. The van der Waals surface area contributed by atoms with Crippen LogP contribution in [0.3, 0.4) is 0 Å². The molecule has 6 nitrogen and oxygen atoms in total. The topological polar surface area (TPSA) is 67.9 Å². The SMILES string of the molecule is COc1ccc(CN2C(=O)C(Nc3ccc(C)c(C)c3)=C(c3cccs3)C2=O)cc1OC. The van der Waals surface area contributed by atoms with Gasteiger partial charge in [-0.05, 0) is 66.2 Å². The molecule has 0 saturated carbocycles. The lowest BCUT2D eigenvalue weighted by molar-refractivity contribution is -0.137. The summed E-state index contributed by atoms with van der Waals surface area (Å²) in [6.07, 6.45) is 0. The maximum Gasteiger partial charge on any atom is 0.278 e. The van der Waals surface area contributed by atoms with Crippen molar-refractivity contribution >= 4 is 34.4 Å². The number of nitrogens with zero attached hydrogens (tertiary/aromatic N) is 1. The molecule has 32 heavy (non-hydrogen) atoms. The Bertz CT molecular complexity index is 1210. The van der Waals surface area contributed by atoms with Gasteiger partial charge in [0.15, 0.2) is 11.5 Å². The molecule has 7 heteroatoms. The normalized spacial score (nSPS) is 13.7. The summed E-state index contributed by atoms with van der Waals surface area (Å²) >= 11 is 1.43. The number of hydrogen-bond donors (Lipinski definition) is 1. The minimum atomic E-state index is -0.355. The number of nitrogens with one attached hydrogen (secondary N) is 1. The number of imide groups is 1. The second-order valence-electron chi connectivity index (χ2n) is 7.54. The number of carbonyl (C=O) groups excluding carboxylic acids is 2. The van der Waals surface area contributed by atoms with Crippen molar-refractivity contribution in [3.05, 3.63) is 81.2 Å². The van der Waals surface area contributed by atoms with Crippen molar-refractivity contribution in [2.75, 3.05) is 19.5 Å². The Labute approximate surface area is 191 Å². The van der Waals surface area contributed by atoms with Crippen LogP contribution < -0.4 is 14.8 Å². The van der Waals surface area contributed by atoms with Gasteiger partial charge in [0.1, 0.15) is 5.70 Å². The van der Waals surface area contributed by atoms with E-state index in [9.17, 15) is 9.59 Å². The number of rotatable bonds is 7. The first-order valence-corrected chi connectivity index (χ1v) is 11.0. The molecule has 0 aliphatic carbocycles. The number of hydrogen-bond acceptors (Lipinski definition) is 6. The summed E-state index contributed by atoms with van der Waals surface area (Å²) in [5, 5.41) is 5.11. The van der Waals surface area contributed by atoms with Crippen LogP contribution in [0.5, 0.6) is 11.5 Å². The second kappa shape index (κ2) is 8.88. The molecule has 0 spiro atoms. The molecule has 4 rings (SSSR count). The van der Waals surface area contributed by atoms with Crippen LogP contribution in [0.2, 0.25) is 0 Å². The number of thiophene rings is 1. The van der Waals surface area contributed by atoms with E-state index in [2.05, 4.69) is 5.32 Å². The van der Waals surface area contributed by atoms with E-state index in [-0.39, 0.29) is 18.4 Å². The van der Waals surface area contributed by atoms with Gasteiger partial charge in [-0.15, -0.1) is 11.3 Å². The average Bonchev–Trinajstić information content (AvgIpc) is 3.39. The second-order valence-corrected chi connectivity index (χ2v) is 8.48. The van der Waals surface area contributed by atoms with E-state index in [1.165, 1.54) is 16.2 Å². The van der Waals surface area contributed by atoms with Gasteiger partial charge in [-0.25, -0.2) is 0 Å². The van der Waals surface area contributed by atoms with E-state index in [0.29, 0.717) is 22.8 Å². The highest BCUT2D eigenvalue weighted by Crippen LogP contribution is 2.35. The smallest absolute Gasteiger partial charge is 0.278 e. The molecule has 1 N–H and O–H groups in total. The van der Waals surface area contributed by atoms with Crippen molar-refractivity contribution in [1.29, 1.82) is 0 Å². The van der Waals surface area contributed by atoms with Crippen LogP contribution in [-0.4, -0.2) is 30.9 Å². The van der Waals surface area contributed by atoms with Gasteiger partial charge < -0.3 is 14.8 Å². The molecule has 0 saturated heterocycles. The maximum atomic E-state index is 13.4. The first kappa shape index (κ1) is 21.6. The number of ether oxygens (including phenoxy) is 2. The first-order valence-electron chi connectivity index (χ1n) is 10.1. The van der Waals surface area contributed by atoms with E-state index in [0.717, 1.165) is 27.3 Å². The van der Waals surface area contributed by atoms with Crippen LogP contribution in [0.4, 0.5) is 5.69 Å². The van der Waals surface area contributed by atoms with Gasteiger partial charge >= 0.3 is 0 Å². The summed E-state index contributed by atoms with van der Waals surface area (Å²) in [5.74, 6) is 0.457. The van der Waals surface area contributed by atoms with E-state index in [1.54, 1.807) is 26.4 Å². The van der Waals surface area contributed by atoms with Crippen LogP contribution in [0, 0.1) is 13.8 Å². The minimum absolute atomic E-state index is 0.130. The number of benzene rings is 2. The molecule has 1 aliphatic heterocycles. The van der Waals surface area contributed by atoms with Gasteiger partial charge in [-0.2, -0.15) is 0 Å². The summed E-state index contributed by atoms with van der Waals surface area (Å²) in [6.45, 7) is 4.18. The average molecular weight is 449 g/mol. The summed E-state index contributed by atoms with van der Waals surface area (Å²) in [4.78, 5) is 28.8. The number of aryl methyl sites for hydroxylation is 2. The fourth-order valence-electron chi connectivity index (χ4n) is 3.61. The largest absolute Gasteiger partial charge is 0.493 e. The predicted octanol–water partition coefficient (Wildman–Crippen LogP) is 4.77. The molecule has 0 atom stereocenters. The van der Waals surface area contributed by atoms with Gasteiger partial charge in [0.25, 0.3) is 11.8 Å². The van der Waals surface area contributed by atoms with Crippen molar-refractivity contribution < 1.29 is 19.1 Å². The van der Waals surface area contributed by atoms with Crippen LogP contribution in [0.25, 0.3) is 5.57 Å². The first-order chi connectivity index (χ1) is 15.4. The maximum absolute atomic E-state index is 13.4. The third-order valence-corrected chi connectivity index (χ3v) is 6.39. The quantitative estimate of drug-likeness (QED) is 0.527. The Morgan fingerprint density at radius 1 is 0.906 bits per heavy atom. The van der Waals surface area contributed by atoms with E-state index in [1.807, 2.05) is 55.6 Å². The van der Waals surface area contributed by atoms with Crippen molar-refractivity contribution in [2.45, 2.75) is 20.4 Å². The van der Waals surface area contributed by atoms with Gasteiger partial charge in [0, 0.05) is 10.6 Å². The zero-order chi connectivity index (χ0) is 22.8. The van der Waals surface area contributed by atoms with Gasteiger partial charge in [-0.3, -0.25) is 14.5 Å². The number of amides is 2. The third kappa shape index (κ3) is 3.99. The van der Waals surface area contributed by atoms with Crippen LogP contribution in [0.15, 0.2) is 59.6 Å². The summed E-state index contributed by atoms with van der Waals surface area (Å²) in [6, 6.07) is 15.0. The fourth-order valence-corrected chi connectivity index (χ4v) is 4.38. The van der Waals surface area contributed by atoms with Gasteiger partial charge in [-0.1, -0.05) is 18.2 Å². The fraction of sp³-hybridized carbons (Fsp3) is 0.200. The molecule has 2 heterocycles. The molecular formula is C25H24N2O4S. The lowest BCUT2D eigenvalue weighted by Gasteiger charge is -2.17. The number of methoxy groups -OCH3 is 2. The monoisotopic (exact) mass is 448 g/mol. The van der Waals surface area contributed by atoms with Gasteiger partial charge in [0.2, 0.25) is 0 Å². The van der Waals surface area contributed by atoms with Crippen molar-refractivity contribution in [3.8, 4) is 11.5 Å². The Balaban J connectivity index is 1.68. The summed E-state index contributed by atoms with van der Waals surface area (Å²) in [5.41, 5.74) is 4.48. The molecule has 1 aliphatic rings. The molecule has 1 aromatic heterocycles. The highest BCUT2D eigenvalue weighted by Gasteiger charge is 2.39. The molecule has 0 bridgehead atoms. The lowest BCUT2D eigenvalue weighted by Crippen LogP contribution is -2.32. The van der Waals surface area contributed by atoms with Crippen LogP contribution >= 0.6 is 11.3 Å². The third-order valence-electron chi connectivity index (χ3n) is 5.50. The van der Waals surface area contributed by atoms with Gasteiger partial charge in [0.05, 0.1) is 26.3 Å².